The van der Waals surface area contributed by atoms with Crippen molar-refractivity contribution in [3.63, 3.8) is 0 Å². The van der Waals surface area contributed by atoms with E-state index >= 15 is 0 Å². The van der Waals surface area contributed by atoms with E-state index in [-0.39, 0.29) is 0 Å². The van der Waals surface area contributed by atoms with Crippen molar-refractivity contribution in [3.05, 3.63) is 182 Å². The van der Waals surface area contributed by atoms with Gasteiger partial charge in [-0.1, -0.05) is 103 Å². The van der Waals surface area contributed by atoms with Crippen LogP contribution in [0.3, 0.4) is 0 Å². The molecule has 13 rings (SSSR count). The average Bonchev–Trinajstić information content (AvgIpc) is 4.00. The van der Waals surface area contributed by atoms with Crippen molar-refractivity contribution < 1.29 is 4.42 Å². The lowest BCUT2D eigenvalue weighted by molar-refractivity contribution is 0.669. The summed E-state index contributed by atoms with van der Waals surface area (Å²) in [5.74, 6) is 0. The second kappa shape index (κ2) is 11.2. The van der Waals surface area contributed by atoms with Crippen LogP contribution < -0.4 is 0 Å². The van der Waals surface area contributed by atoms with E-state index < -0.39 is 0 Å². The summed E-state index contributed by atoms with van der Waals surface area (Å²) < 4.78 is 13.7. The van der Waals surface area contributed by atoms with Gasteiger partial charge < -0.3 is 13.6 Å². The zero-order chi connectivity index (χ0) is 36.5. The SMILES string of the molecule is c1ccc2cc(-n3c4ccccc4c4cc(-c5ccc6c(c5)c5ccccc5n6-c5ccc6c(c5)sc5ccc7oc8ccccc8c7c56)ccc43)ccc2c1. The number of benzene rings is 9. The summed E-state index contributed by atoms with van der Waals surface area (Å²) in [7, 11) is 0. The molecule has 9 aromatic carbocycles. The van der Waals surface area contributed by atoms with Crippen LogP contribution in [0.15, 0.2) is 186 Å². The van der Waals surface area contributed by atoms with Crippen LogP contribution in [0.4, 0.5) is 0 Å². The molecule has 0 aliphatic carbocycles. The zero-order valence-corrected chi connectivity index (χ0v) is 30.8. The predicted molar refractivity (Wildman–Crippen MR) is 238 cm³/mol. The summed E-state index contributed by atoms with van der Waals surface area (Å²) in [4.78, 5) is 0. The Balaban J connectivity index is 0.972. The second-order valence-corrected chi connectivity index (χ2v) is 16.0. The lowest BCUT2D eigenvalue weighted by atomic mass is 10.0. The highest BCUT2D eigenvalue weighted by atomic mass is 32.1. The van der Waals surface area contributed by atoms with Crippen LogP contribution in [0, 0.1) is 0 Å². The van der Waals surface area contributed by atoms with Gasteiger partial charge in [-0.3, -0.25) is 0 Å². The van der Waals surface area contributed by atoms with Gasteiger partial charge in [0.15, 0.2) is 0 Å². The van der Waals surface area contributed by atoms with Crippen LogP contribution in [-0.2, 0) is 0 Å². The third-order valence-electron chi connectivity index (χ3n) is 11.9. The standard InChI is InChI=1S/C52H30N2OS/c1-2-10-32-27-35(20-17-31(32)9-1)53-43-14-6-3-11-37(43)41-28-33(18-23-45(41)53)34-19-24-46-42(29-34)38-12-4-7-15-44(38)54(46)36-21-22-40-50(30-36)56-49-26-25-48-51(52(40)49)39-13-5-8-16-47(39)55-48/h1-30H. The molecule has 0 aliphatic rings. The van der Waals surface area contributed by atoms with Crippen molar-refractivity contribution >= 4 is 108 Å². The van der Waals surface area contributed by atoms with Gasteiger partial charge in [-0.2, -0.15) is 0 Å². The van der Waals surface area contributed by atoms with E-state index in [9.17, 15) is 0 Å². The average molecular weight is 731 g/mol. The van der Waals surface area contributed by atoms with Crippen LogP contribution in [0.5, 0.6) is 0 Å². The minimum atomic E-state index is 0.934. The van der Waals surface area contributed by atoms with Crippen molar-refractivity contribution in [2.75, 3.05) is 0 Å². The molecule has 0 spiro atoms. The Hall–Kier alpha value is -7.14. The number of para-hydroxylation sites is 3. The lowest BCUT2D eigenvalue weighted by Crippen LogP contribution is -1.94. The number of nitrogens with zero attached hydrogens (tertiary/aromatic N) is 2. The highest BCUT2D eigenvalue weighted by Gasteiger charge is 2.19. The maximum Gasteiger partial charge on any atom is 0.136 e. The fourth-order valence-corrected chi connectivity index (χ4v) is 10.5. The third-order valence-corrected chi connectivity index (χ3v) is 13.0. The Bertz CT molecular complexity index is 3780. The Morgan fingerprint density at radius 2 is 0.929 bits per heavy atom. The molecular weight excluding hydrogens is 701 g/mol. The molecule has 0 saturated heterocycles. The smallest absolute Gasteiger partial charge is 0.136 e. The molecule has 260 valence electrons. The molecule has 0 unspecified atom stereocenters. The summed E-state index contributed by atoms with van der Waals surface area (Å²) in [6, 6.07) is 66.6. The fraction of sp³-hybridized carbons (Fsp3) is 0. The van der Waals surface area contributed by atoms with Gasteiger partial charge >= 0.3 is 0 Å². The van der Waals surface area contributed by atoms with E-state index in [1.807, 2.05) is 17.4 Å². The first kappa shape index (κ1) is 30.2. The van der Waals surface area contributed by atoms with Gasteiger partial charge in [0.1, 0.15) is 11.2 Å². The van der Waals surface area contributed by atoms with Gasteiger partial charge in [0.05, 0.1) is 22.1 Å². The molecule has 0 atom stereocenters. The van der Waals surface area contributed by atoms with E-state index in [2.05, 4.69) is 185 Å². The highest BCUT2D eigenvalue weighted by Crippen LogP contribution is 2.44. The molecule has 56 heavy (non-hydrogen) atoms. The number of rotatable bonds is 3. The van der Waals surface area contributed by atoms with E-state index in [0.717, 1.165) is 11.2 Å². The quantitative estimate of drug-likeness (QED) is 0.177. The molecule has 4 heteroatoms. The molecule has 4 heterocycles. The maximum absolute atomic E-state index is 6.27. The molecule has 0 saturated carbocycles. The van der Waals surface area contributed by atoms with E-state index in [4.69, 9.17) is 4.42 Å². The summed E-state index contributed by atoms with van der Waals surface area (Å²) in [5.41, 5.74) is 11.5. The van der Waals surface area contributed by atoms with Crippen molar-refractivity contribution in [2.45, 2.75) is 0 Å². The number of hydrogen-bond acceptors (Lipinski definition) is 2. The Morgan fingerprint density at radius 3 is 1.66 bits per heavy atom. The van der Waals surface area contributed by atoms with E-state index in [1.165, 1.54) is 108 Å². The van der Waals surface area contributed by atoms with Crippen LogP contribution in [-0.4, -0.2) is 9.13 Å². The number of hydrogen-bond donors (Lipinski definition) is 0. The normalized spacial score (nSPS) is 12.3. The molecule has 0 radical (unpaired) electrons. The van der Waals surface area contributed by atoms with Gasteiger partial charge in [0.2, 0.25) is 0 Å². The summed E-state index contributed by atoms with van der Waals surface area (Å²) >= 11 is 1.86. The first-order valence-corrected chi connectivity index (χ1v) is 19.9. The van der Waals surface area contributed by atoms with Gasteiger partial charge in [-0.25, -0.2) is 0 Å². The maximum atomic E-state index is 6.27. The lowest BCUT2D eigenvalue weighted by Gasteiger charge is -2.10. The summed E-state index contributed by atoms with van der Waals surface area (Å²) in [5, 5.41) is 12.4. The van der Waals surface area contributed by atoms with E-state index in [1.54, 1.807) is 0 Å². The largest absolute Gasteiger partial charge is 0.456 e. The second-order valence-electron chi connectivity index (χ2n) is 14.9. The Morgan fingerprint density at radius 1 is 0.339 bits per heavy atom. The number of furan rings is 1. The van der Waals surface area contributed by atoms with Crippen molar-refractivity contribution in [3.8, 4) is 22.5 Å². The molecule has 0 aliphatic heterocycles. The minimum Gasteiger partial charge on any atom is -0.456 e. The molecular formula is C52H30N2OS. The van der Waals surface area contributed by atoms with Gasteiger partial charge in [-0.05, 0) is 101 Å². The fourth-order valence-electron chi connectivity index (χ4n) is 9.39. The monoisotopic (exact) mass is 730 g/mol. The minimum absolute atomic E-state index is 0.934. The zero-order valence-electron chi connectivity index (χ0n) is 30.0. The highest BCUT2D eigenvalue weighted by molar-refractivity contribution is 7.26. The summed E-state index contributed by atoms with van der Waals surface area (Å²) in [6.07, 6.45) is 0. The third kappa shape index (κ3) is 4.16. The van der Waals surface area contributed by atoms with Gasteiger partial charge in [-0.15, -0.1) is 11.3 Å². The Kier molecular flexibility index (Phi) is 6.04. The molecule has 0 bridgehead atoms. The van der Waals surface area contributed by atoms with Gasteiger partial charge in [0.25, 0.3) is 0 Å². The van der Waals surface area contributed by atoms with Crippen LogP contribution >= 0.6 is 11.3 Å². The predicted octanol–water partition coefficient (Wildman–Crippen LogP) is 15.0. The van der Waals surface area contributed by atoms with Gasteiger partial charge in [0, 0.05) is 63.9 Å². The van der Waals surface area contributed by atoms with Crippen molar-refractivity contribution in [2.24, 2.45) is 0 Å². The molecule has 0 amide bonds. The van der Waals surface area contributed by atoms with Crippen LogP contribution in [0.2, 0.25) is 0 Å². The van der Waals surface area contributed by atoms with E-state index in [0.29, 0.717) is 0 Å². The first-order valence-electron chi connectivity index (χ1n) is 19.1. The number of thiophene rings is 1. The molecule has 4 aromatic heterocycles. The number of fused-ring (bicyclic) bond motifs is 14. The molecule has 3 nitrogen and oxygen atoms in total. The first-order chi connectivity index (χ1) is 27.7. The molecule has 0 N–H and O–H groups in total. The van der Waals surface area contributed by atoms with Crippen LogP contribution in [0.25, 0.3) is 119 Å². The number of aromatic nitrogens is 2. The molecule has 0 fully saturated rings. The van der Waals surface area contributed by atoms with Crippen molar-refractivity contribution in [1.82, 2.24) is 9.13 Å². The topological polar surface area (TPSA) is 23.0 Å². The molecule has 13 aromatic rings. The van der Waals surface area contributed by atoms with Crippen LogP contribution in [0.1, 0.15) is 0 Å². The Labute approximate surface area is 324 Å². The summed E-state index contributed by atoms with van der Waals surface area (Å²) in [6.45, 7) is 0. The van der Waals surface area contributed by atoms with Crippen molar-refractivity contribution in [1.29, 1.82) is 0 Å².